The van der Waals surface area contributed by atoms with Crippen molar-refractivity contribution in [2.75, 3.05) is 17.2 Å². The first-order chi connectivity index (χ1) is 11.1. The van der Waals surface area contributed by atoms with Crippen LogP contribution in [0.15, 0.2) is 46.9 Å². The van der Waals surface area contributed by atoms with Gasteiger partial charge in [0.2, 0.25) is 0 Å². The van der Waals surface area contributed by atoms with Crippen LogP contribution < -0.4 is 10.6 Å². The van der Waals surface area contributed by atoms with E-state index in [1.165, 1.54) is 0 Å². The fourth-order valence-corrected chi connectivity index (χ4v) is 3.04. The van der Waals surface area contributed by atoms with Gasteiger partial charge in [0.25, 0.3) is 5.91 Å². The first-order valence-corrected chi connectivity index (χ1v) is 8.47. The third-order valence-corrected chi connectivity index (χ3v) is 4.34. The summed E-state index contributed by atoms with van der Waals surface area (Å²) in [5.41, 5.74) is 3.98. The van der Waals surface area contributed by atoms with Crippen molar-refractivity contribution in [2.45, 2.75) is 25.9 Å². The Hall–Kier alpha value is -1.85. The molecule has 1 atom stereocenters. The van der Waals surface area contributed by atoms with Gasteiger partial charge in [-0.25, -0.2) is 0 Å². The van der Waals surface area contributed by atoms with Crippen molar-refractivity contribution in [3.63, 3.8) is 0 Å². The summed E-state index contributed by atoms with van der Waals surface area (Å²) in [4.78, 5) is 12.0. The highest BCUT2D eigenvalue weighted by atomic mass is 79.9. The van der Waals surface area contributed by atoms with Crippen LogP contribution in [0, 0.1) is 6.92 Å². The number of hydrogen-bond donors (Lipinski definition) is 2. The number of aryl methyl sites for hydroxylation is 1. The second-order valence-corrected chi connectivity index (χ2v) is 6.57. The molecule has 2 N–H and O–H groups in total. The molecule has 1 unspecified atom stereocenters. The maximum Gasteiger partial charge on any atom is 0.253 e. The van der Waals surface area contributed by atoms with Crippen molar-refractivity contribution >= 4 is 38.9 Å². The second kappa shape index (κ2) is 7.15. The van der Waals surface area contributed by atoms with Gasteiger partial charge in [-0.05, 0) is 67.8 Å². The number of amides is 1. The van der Waals surface area contributed by atoms with Gasteiger partial charge in [0.15, 0.2) is 0 Å². The number of anilines is 3. The lowest BCUT2D eigenvalue weighted by Crippen LogP contribution is -2.26. The monoisotopic (exact) mass is 374 g/mol. The molecule has 0 saturated carbocycles. The highest BCUT2D eigenvalue weighted by Crippen LogP contribution is 2.25. The number of carbonyl (C=O) groups excluding carboxylic acids is 1. The topological polar surface area (TPSA) is 50.4 Å². The molecule has 1 fully saturated rings. The minimum Gasteiger partial charge on any atom is -0.368 e. The number of hydrogen-bond acceptors (Lipinski definition) is 3. The maximum atomic E-state index is 12.0. The molecule has 1 aliphatic rings. The molecule has 3 rings (SSSR count). The van der Waals surface area contributed by atoms with E-state index in [2.05, 4.69) is 39.6 Å². The predicted octanol–water partition coefficient (Wildman–Crippen LogP) is 4.62. The van der Waals surface area contributed by atoms with Crippen LogP contribution in [0.1, 0.15) is 18.4 Å². The van der Waals surface area contributed by atoms with E-state index >= 15 is 0 Å². The molecule has 0 aromatic heterocycles. The van der Waals surface area contributed by atoms with Gasteiger partial charge in [-0.1, -0.05) is 15.9 Å². The number of rotatable bonds is 4. The van der Waals surface area contributed by atoms with Crippen LogP contribution in [-0.2, 0) is 9.53 Å². The Balaban J connectivity index is 1.63. The number of benzene rings is 2. The minimum absolute atomic E-state index is 0.0630. The Morgan fingerprint density at radius 2 is 1.91 bits per heavy atom. The first kappa shape index (κ1) is 16.0. The quantitative estimate of drug-likeness (QED) is 0.820. The van der Waals surface area contributed by atoms with Crippen molar-refractivity contribution in [3.05, 3.63) is 52.5 Å². The first-order valence-electron chi connectivity index (χ1n) is 7.67. The summed E-state index contributed by atoms with van der Waals surface area (Å²) in [6.07, 6.45) is 1.44. The Morgan fingerprint density at radius 3 is 2.57 bits per heavy atom. The summed E-state index contributed by atoms with van der Waals surface area (Å²) in [5, 5.41) is 6.27. The second-order valence-electron chi connectivity index (χ2n) is 5.65. The molecule has 0 aliphatic carbocycles. The van der Waals surface area contributed by atoms with Gasteiger partial charge in [0.05, 0.1) is 0 Å². The van der Waals surface area contributed by atoms with E-state index in [4.69, 9.17) is 4.74 Å². The van der Waals surface area contributed by atoms with Gasteiger partial charge in [0.1, 0.15) is 6.10 Å². The molecule has 23 heavy (non-hydrogen) atoms. The normalized spacial score (nSPS) is 17.0. The zero-order chi connectivity index (χ0) is 16.2. The molecular formula is C18H19BrN2O2. The van der Waals surface area contributed by atoms with Crippen LogP contribution in [0.3, 0.4) is 0 Å². The van der Waals surface area contributed by atoms with Gasteiger partial charge in [-0.15, -0.1) is 0 Å². The van der Waals surface area contributed by atoms with E-state index in [1.807, 2.05) is 36.4 Å². The van der Waals surface area contributed by atoms with Crippen molar-refractivity contribution in [2.24, 2.45) is 0 Å². The van der Waals surface area contributed by atoms with Crippen LogP contribution in [-0.4, -0.2) is 18.6 Å². The molecule has 1 saturated heterocycles. The Morgan fingerprint density at radius 1 is 1.17 bits per heavy atom. The van der Waals surface area contributed by atoms with Crippen molar-refractivity contribution in [1.29, 1.82) is 0 Å². The predicted molar refractivity (Wildman–Crippen MR) is 96.2 cm³/mol. The summed E-state index contributed by atoms with van der Waals surface area (Å²) < 4.78 is 6.45. The molecule has 0 bridgehead atoms. The van der Waals surface area contributed by atoms with Crippen molar-refractivity contribution in [1.82, 2.24) is 0 Å². The average Bonchev–Trinajstić information content (AvgIpc) is 3.06. The van der Waals surface area contributed by atoms with Gasteiger partial charge in [0, 0.05) is 28.1 Å². The summed E-state index contributed by atoms with van der Waals surface area (Å²) >= 11 is 3.46. The summed E-state index contributed by atoms with van der Waals surface area (Å²) in [5.74, 6) is -0.0630. The number of ether oxygens (including phenoxy) is 1. The van der Waals surface area contributed by atoms with E-state index < -0.39 is 0 Å². The lowest BCUT2D eigenvalue weighted by molar-refractivity contribution is -0.124. The lowest BCUT2D eigenvalue weighted by Gasteiger charge is -2.12. The van der Waals surface area contributed by atoms with Gasteiger partial charge < -0.3 is 15.4 Å². The van der Waals surface area contributed by atoms with E-state index in [9.17, 15) is 4.79 Å². The molecule has 2 aromatic carbocycles. The van der Waals surface area contributed by atoms with Gasteiger partial charge >= 0.3 is 0 Å². The van der Waals surface area contributed by atoms with Crippen LogP contribution in [0.4, 0.5) is 17.1 Å². The maximum absolute atomic E-state index is 12.0. The van der Waals surface area contributed by atoms with Crippen molar-refractivity contribution < 1.29 is 9.53 Å². The fourth-order valence-electron chi connectivity index (χ4n) is 2.57. The standard InChI is InChI=1S/C18H19BrN2O2/c1-12-11-13(19)4-9-16(12)20-14-5-7-15(8-6-14)21-18(22)17-3-2-10-23-17/h4-9,11,17,20H,2-3,10H2,1H3,(H,21,22). The van der Waals surface area contributed by atoms with Crippen LogP contribution in [0.5, 0.6) is 0 Å². The zero-order valence-electron chi connectivity index (χ0n) is 12.9. The van der Waals surface area contributed by atoms with Crippen LogP contribution >= 0.6 is 15.9 Å². The number of carbonyl (C=O) groups is 1. The molecule has 1 heterocycles. The zero-order valence-corrected chi connectivity index (χ0v) is 14.5. The largest absolute Gasteiger partial charge is 0.368 e. The average molecular weight is 375 g/mol. The molecule has 0 spiro atoms. The van der Waals surface area contributed by atoms with Gasteiger partial charge in [-0.2, -0.15) is 0 Å². The third kappa shape index (κ3) is 4.12. The Bertz CT molecular complexity index is 695. The number of halogens is 1. The molecule has 0 radical (unpaired) electrons. The number of nitrogens with one attached hydrogen (secondary N) is 2. The van der Waals surface area contributed by atoms with Crippen LogP contribution in [0.2, 0.25) is 0 Å². The van der Waals surface area contributed by atoms with E-state index in [0.717, 1.165) is 39.9 Å². The van der Waals surface area contributed by atoms with Gasteiger partial charge in [-0.3, -0.25) is 4.79 Å². The summed E-state index contributed by atoms with van der Waals surface area (Å²) in [6, 6.07) is 13.8. The van der Waals surface area contributed by atoms with E-state index in [0.29, 0.717) is 6.61 Å². The highest BCUT2D eigenvalue weighted by molar-refractivity contribution is 9.10. The molecule has 4 nitrogen and oxygen atoms in total. The molecule has 1 amide bonds. The van der Waals surface area contributed by atoms with E-state index in [-0.39, 0.29) is 12.0 Å². The summed E-state index contributed by atoms with van der Waals surface area (Å²) in [6.45, 7) is 2.73. The SMILES string of the molecule is Cc1cc(Br)ccc1Nc1ccc(NC(=O)C2CCCO2)cc1. The Kier molecular flexibility index (Phi) is 4.98. The third-order valence-electron chi connectivity index (χ3n) is 3.84. The smallest absolute Gasteiger partial charge is 0.253 e. The fraction of sp³-hybridized carbons (Fsp3) is 0.278. The molecule has 120 valence electrons. The van der Waals surface area contributed by atoms with Crippen molar-refractivity contribution in [3.8, 4) is 0 Å². The Labute approximate surface area is 144 Å². The summed E-state index contributed by atoms with van der Waals surface area (Å²) in [7, 11) is 0. The molecule has 2 aromatic rings. The molecule has 1 aliphatic heterocycles. The minimum atomic E-state index is -0.307. The van der Waals surface area contributed by atoms with E-state index in [1.54, 1.807) is 0 Å². The molecular weight excluding hydrogens is 356 g/mol. The highest BCUT2D eigenvalue weighted by Gasteiger charge is 2.23. The van der Waals surface area contributed by atoms with Crippen LogP contribution in [0.25, 0.3) is 0 Å². The lowest BCUT2D eigenvalue weighted by atomic mass is 10.2. The molecule has 5 heteroatoms.